The maximum Gasteiger partial charge on any atom is 0.472 e. The van der Waals surface area contributed by atoms with Crippen molar-refractivity contribution in [2.75, 3.05) is 47.5 Å². The normalized spacial score (nSPS) is 14.1. The summed E-state index contributed by atoms with van der Waals surface area (Å²) < 4.78 is 34.3. The van der Waals surface area contributed by atoms with E-state index in [4.69, 9.17) is 18.5 Å². The number of ether oxygens (including phenoxy) is 2. The fraction of sp³-hybridized carbons (Fsp3) is 0.750. The summed E-state index contributed by atoms with van der Waals surface area (Å²) in [5, 5.41) is 0. The molecule has 0 aliphatic rings. The van der Waals surface area contributed by atoms with Crippen molar-refractivity contribution in [1.29, 1.82) is 0 Å². The Balaban J connectivity index is 4.45. The maximum atomic E-state index is 12.7. The summed E-state index contributed by atoms with van der Waals surface area (Å²) in [5.41, 5.74) is 0. The smallest absolute Gasteiger partial charge is 0.462 e. The highest BCUT2D eigenvalue weighted by molar-refractivity contribution is 7.47. The number of phosphoric ester groups is 1. The van der Waals surface area contributed by atoms with Gasteiger partial charge in [-0.15, -0.1) is 0 Å². The molecule has 0 aromatic carbocycles. The van der Waals surface area contributed by atoms with Crippen molar-refractivity contribution in [3.05, 3.63) is 60.8 Å². The summed E-state index contributed by atoms with van der Waals surface area (Å²) in [4.78, 5) is 35.4. The Hall–Kier alpha value is -2.29. The maximum absolute atomic E-state index is 12.7. The van der Waals surface area contributed by atoms with Crippen molar-refractivity contribution in [2.45, 2.75) is 187 Å². The predicted molar refractivity (Wildman–Crippen MR) is 243 cm³/mol. The molecule has 0 aliphatic carbocycles. The van der Waals surface area contributed by atoms with Crippen LogP contribution in [0.25, 0.3) is 0 Å². The van der Waals surface area contributed by atoms with Crippen LogP contribution in [0.5, 0.6) is 0 Å². The van der Waals surface area contributed by atoms with Crippen LogP contribution in [0, 0.1) is 0 Å². The highest BCUT2D eigenvalue weighted by Crippen LogP contribution is 2.43. The van der Waals surface area contributed by atoms with E-state index in [9.17, 15) is 19.0 Å². The van der Waals surface area contributed by atoms with Gasteiger partial charge in [0.1, 0.15) is 19.8 Å². The molecule has 0 fully saturated rings. The molecule has 0 saturated heterocycles. The topological polar surface area (TPSA) is 108 Å². The van der Waals surface area contributed by atoms with Crippen LogP contribution in [-0.2, 0) is 32.7 Å². The third-order valence-corrected chi connectivity index (χ3v) is 10.5. The van der Waals surface area contributed by atoms with E-state index >= 15 is 0 Å². The van der Waals surface area contributed by atoms with Gasteiger partial charge in [-0.05, 0) is 77.0 Å². The minimum Gasteiger partial charge on any atom is -0.462 e. The van der Waals surface area contributed by atoms with Crippen molar-refractivity contribution >= 4 is 19.8 Å². The van der Waals surface area contributed by atoms with Crippen LogP contribution in [0.2, 0.25) is 0 Å². The van der Waals surface area contributed by atoms with Crippen LogP contribution < -0.4 is 0 Å². The summed E-state index contributed by atoms with van der Waals surface area (Å²) in [5.74, 6) is -0.879. The molecule has 10 heteroatoms. The summed E-state index contributed by atoms with van der Waals surface area (Å²) in [6.45, 7) is 4.31. The van der Waals surface area contributed by atoms with Gasteiger partial charge < -0.3 is 18.9 Å². The molecule has 2 atom stereocenters. The lowest BCUT2D eigenvalue weighted by Crippen LogP contribution is -2.37. The number of hydrogen-bond donors (Lipinski definition) is 1. The molecule has 0 radical (unpaired) electrons. The fourth-order valence-electron chi connectivity index (χ4n) is 5.88. The van der Waals surface area contributed by atoms with Crippen molar-refractivity contribution in [2.24, 2.45) is 0 Å². The van der Waals surface area contributed by atoms with Gasteiger partial charge in [-0.1, -0.05) is 152 Å². The number of allylic oxidation sites excluding steroid dienone is 10. The monoisotopic (exact) mass is 837 g/mol. The largest absolute Gasteiger partial charge is 0.472 e. The number of rotatable bonds is 41. The zero-order valence-corrected chi connectivity index (χ0v) is 38.7. The molecule has 336 valence electrons. The zero-order valence-electron chi connectivity index (χ0n) is 37.8. The molecule has 0 aromatic heterocycles. The molecule has 0 saturated carbocycles. The minimum atomic E-state index is -4.39. The van der Waals surface area contributed by atoms with E-state index in [1.54, 1.807) is 0 Å². The van der Waals surface area contributed by atoms with E-state index < -0.39 is 32.5 Å². The Morgan fingerprint density at radius 2 is 0.948 bits per heavy atom. The van der Waals surface area contributed by atoms with Crippen molar-refractivity contribution < 1.29 is 42.1 Å². The molecule has 0 aliphatic heterocycles. The molecule has 0 heterocycles. The van der Waals surface area contributed by atoms with Crippen LogP contribution >= 0.6 is 7.82 Å². The first kappa shape index (κ1) is 55.7. The van der Waals surface area contributed by atoms with E-state index in [1.807, 2.05) is 21.1 Å². The Morgan fingerprint density at radius 1 is 0.534 bits per heavy atom. The van der Waals surface area contributed by atoms with Gasteiger partial charge in [-0.2, -0.15) is 0 Å². The molecule has 0 bridgehead atoms. The van der Waals surface area contributed by atoms with Crippen molar-refractivity contribution in [1.82, 2.24) is 0 Å². The molecule has 58 heavy (non-hydrogen) atoms. The number of carbonyl (C=O) groups excluding carboxylic acids is 2. The lowest BCUT2D eigenvalue weighted by molar-refractivity contribution is -0.870. The predicted octanol–water partition coefficient (Wildman–Crippen LogP) is 13.2. The minimum absolute atomic E-state index is 0.0182. The van der Waals surface area contributed by atoms with Crippen LogP contribution in [-0.4, -0.2) is 74.9 Å². The Labute approximate surface area is 356 Å². The first-order chi connectivity index (χ1) is 28.0. The molecule has 0 rings (SSSR count). The Bertz CT molecular complexity index is 1170. The van der Waals surface area contributed by atoms with Gasteiger partial charge in [-0.3, -0.25) is 18.6 Å². The quantitative estimate of drug-likeness (QED) is 0.0213. The molecule has 9 nitrogen and oxygen atoms in total. The molecule has 1 unspecified atom stereocenters. The summed E-state index contributed by atoms with van der Waals surface area (Å²) in [6.07, 6.45) is 48.5. The van der Waals surface area contributed by atoms with Gasteiger partial charge in [0.25, 0.3) is 0 Å². The summed E-state index contributed by atoms with van der Waals surface area (Å²) >= 11 is 0. The molecular formula is C48H87NO8P+. The van der Waals surface area contributed by atoms with Crippen LogP contribution in [0.15, 0.2) is 60.8 Å². The number of phosphoric acid groups is 1. The second-order valence-electron chi connectivity index (χ2n) is 16.4. The average Bonchev–Trinajstić information content (AvgIpc) is 3.17. The second-order valence-corrected chi connectivity index (χ2v) is 17.9. The number of hydrogen-bond acceptors (Lipinski definition) is 7. The zero-order chi connectivity index (χ0) is 42.8. The molecule has 0 amide bonds. The Morgan fingerprint density at radius 3 is 1.47 bits per heavy atom. The number of nitrogens with zero attached hydrogens (tertiary/aromatic N) is 1. The highest BCUT2D eigenvalue weighted by atomic mass is 31.2. The van der Waals surface area contributed by atoms with Gasteiger partial charge in [-0.25, -0.2) is 4.57 Å². The number of quaternary nitrogens is 1. The van der Waals surface area contributed by atoms with Gasteiger partial charge in [0.15, 0.2) is 6.10 Å². The third kappa shape index (κ3) is 43.3. The number of likely N-dealkylation sites (N-methyl/N-ethyl adjacent to an activating group) is 1. The summed E-state index contributed by atoms with van der Waals surface area (Å²) in [6, 6.07) is 0. The van der Waals surface area contributed by atoms with Crippen molar-refractivity contribution in [3.63, 3.8) is 0 Å². The van der Waals surface area contributed by atoms with E-state index in [1.165, 1.54) is 83.5 Å². The van der Waals surface area contributed by atoms with E-state index in [0.29, 0.717) is 23.9 Å². The van der Waals surface area contributed by atoms with E-state index in [-0.39, 0.29) is 26.1 Å². The standard InChI is InChI=1S/C48H86NO8P/c1-6-8-10-12-14-16-18-20-22-24-26-28-30-32-34-36-38-40-47(50)54-44-46(45-56-58(52,53)55-43-42-49(3,4)5)57-48(51)41-39-37-35-33-31-29-27-25-23-21-19-17-15-13-11-9-7-2/h14,16,20,22,26-29,33,35,46H,6-13,15,17-19,21,23-25,30-32,34,36-45H2,1-5H3/p+1/b16-14+,22-20+,28-26+,29-27+,35-33+/t46-/m1/s1. The molecule has 0 spiro atoms. The van der Waals surface area contributed by atoms with Gasteiger partial charge >= 0.3 is 19.8 Å². The number of unbranched alkanes of at least 4 members (excludes halogenated alkanes) is 17. The SMILES string of the molecule is CCCCC/C=C/C/C=C/C/C=C/CCCCCCC(=O)OC[C@H](COP(=O)(O)OCC[N+](C)(C)C)OC(=O)CCC/C=C/C/C=C/CCCCCCCCCCC. The fourth-order valence-corrected chi connectivity index (χ4v) is 6.62. The molecule has 0 aromatic rings. The third-order valence-electron chi connectivity index (χ3n) is 9.52. The van der Waals surface area contributed by atoms with Crippen LogP contribution in [0.4, 0.5) is 0 Å². The van der Waals surface area contributed by atoms with Crippen LogP contribution in [0.1, 0.15) is 181 Å². The van der Waals surface area contributed by atoms with Crippen LogP contribution in [0.3, 0.4) is 0 Å². The second kappa shape index (κ2) is 40.1. The highest BCUT2D eigenvalue weighted by Gasteiger charge is 2.27. The lowest BCUT2D eigenvalue weighted by Gasteiger charge is -2.24. The van der Waals surface area contributed by atoms with Crippen molar-refractivity contribution in [3.8, 4) is 0 Å². The first-order valence-corrected chi connectivity index (χ1v) is 24.5. The lowest BCUT2D eigenvalue weighted by atomic mass is 10.1. The van der Waals surface area contributed by atoms with Gasteiger partial charge in [0, 0.05) is 12.8 Å². The number of carbonyl (C=O) groups is 2. The Kier molecular flexibility index (Phi) is 38.5. The van der Waals surface area contributed by atoms with E-state index in [0.717, 1.165) is 57.8 Å². The van der Waals surface area contributed by atoms with Gasteiger partial charge in [0.05, 0.1) is 27.7 Å². The van der Waals surface area contributed by atoms with Gasteiger partial charge in [0.2, 0.25) is 0 Å². The molecular weight excluding hydrogens is 750 g/mol. The van der Waals surface area contributed by atoms with E-state index in [2.05, 4.69) is 74.6 Å². The number of esters is 2. The first-order valence-electron chi connectivity index (χ1n) is 23.0. The summed E-state index contributed by atoms with van der Waals surface area (Å²) in [7, 11) is 1.43. The average molecular weight is 837 g/mol. The molecule has 1 N–H and O–H groups in total.